The highest BCUT2D eigenvalue weighted by molar-refractivity contribution is 6.42. The van der Waals surface area contributed by atoms with Gasteiger partial charge in [0.05, 0.1) is 27.3 Å². The number of aromatic nitrogens is 2. The largest absolute Gasteiger partial charge is 0.373 e. The van der Waals surface area contributed by atoms with Crippen LogP contribution >= 0.6 is 23.2 Å². The predicted molar refractivity (Wildman–Crippen MR) is 116 cm³/mol. The minimum absolute atomic E-state index is 0.0139. The summed E-state index contributed by atoms with van der Waals surface area (Å²) in [7, 11) is 1.48. The average molecular weight is 485 g/mol. The topological polar surface area (TPSA) is 67.2 Å². The highest BCUT2D eigenvalue weighted by atomic mass is 35.5. The number of amides is 1. The van der Waals surface area contributed by atoms with E-state index in [0.717, 1.165) is 12.1 Å². The molecule has 0 bridgehead atoms. The Morgan fingerprint density at radius 3 is 2.72 bits per heavy atom. The molecule has 32 heavy (non-hydrogen) atoms. The number of nitrogens with zero attached hydrogens (tertiary/aromatic N) is 3. The van der Waals surface area contributed by atoms with Crippen LogP contribution in [0.4, 0.5) is 18.9 Å². The van der Waals surface area contributed by atoms with Crippen LogP contribution in [0, 0.1) is 11.6 Å². The van der Waals surface area contributed by atoms with E-state index in [-0.39, 0.29) is 51.7 Å². The quantitative estimate of drug-likeness (QED) is 0.567. The van der Waals surface area contributed by atoms with E-state index in [2.05, 4.69) is 10.3 Å². The third kappa shape index (κ3) is 3.69. The van der Waals surface area contributed by atoms with E-state index in [0.29, 0.717) is 0 Å². The molecule has 1 aliphatic rings. The number of nitrogens with one attached hydrogen (secondary N) is 1. The molecule has 1 N–H and O–H groups in total. The fourth-order valence-corrected chi connectivity index (χ4v) is 4.56. The molecule has 0 aliphatic carbocycles. The van der Waals surface area contributed by atoms with Gasteiger partial charge in [-0.1, -0.05) is 23.2 Å². The number of fused-ring (bicyclic) bond motifs is 1. The van der Waals surface area contributed by atoms with Crippen molar-refractivity contribution in [2.75, 3.05) is 25.1 Å². The molecular formula is C21H17Cl2F3N4O2. The number of halogens is 5. The lowest BCUT2D eigenvalue weighted by Crippen LogP contribution is -2.41. The van der Waals surface area contributed by atoms with Gasteiger partial charge < -0.3 is 14.8 Å². The maximum atomic E-state index is 15.0. The SMILES string of the molecule is Cn1cnc2c(F)cc(N[C@@]3(c4c(F)ccc(Cl)c4Cl)CCN(C(=O)CF)C3)cc2c1=O. The summed E-state index contributed by atoms with van der Waals surface area (Å²) in [6.45, 7) is -1.25. The standard InChI is InChI=1S/C21H17Cl2F3N4O2/c1-29-10-27-19-12(20(29)32)6-11(7-15(19)26)28-21(4-5-30(9-21)16(31)8-24)17-14(25)3-2-13(22)18(17)23/h2-3,6-7,10,28H,4-5,8-9H2,1H3/t21-/m0/s1. The Bertz CT molecular complexity index is 1300. The van der Waals surface area contributed by atoms with Crippen molar-refractivity contribution < 1.29 is 18.0 Å². The van der Waals surface area contributed by atoms with Crippen LogP contribution in [0.2, 0.25) is 10.0 Å². The summed E-state index contributed by atoms with van der Waals surface area (Å²) >= 11 is 12.5. The highest BCUT2D eigenvalue weighted by Crippen LogP contribution is 2.43. The molecule has 1 atom stereocenters. The molecule has 168 valence electrons. The van der Waals surface area contributed by atoms with Gasteiger partial charge in [-0.05, 0) is 30.7 Å². The minimum Gasteiger partial charge on any atom is -0.373 e. The second-order valence-corrected chi connectivity index (χ2v) is 8.42. The highest BCUT2D eigenvalue weighted by Gasteiger charge is 2.45. The minimum atomic E-state index is -1.34. The summed E-state index contributed by atoms with van der Waals surface area (Å²) in [6.07, 6.45) is 1.35. The second kappa shape index (κ2) is 8.29. The first-order chi connectivity index (χ1) is 15.2. The molecule has 0 saturated carbocycles. The van der Waals surface area contributed by atoms with Gasteiger partial charge in [-0.2, -0.15) is 0 Å². The summed E-state index contributed by atoms with van der Waals surface area (Å²) < 4.78 is 44.0. The summed E-state index contributed by atoms with van der Waals surface area (Å²) in [4.78, 5) is 29.6. The molecule has 1 saturated heterocycles. The Labute approximate surface area is 190 Å². The maximum absolute atomic E-state index is 15.0. The van der Waals surface area contributed by atoms with Gasteiger partial charge in [0.15, 0.2) is 12.5 Å². The first kappa shape index (κ1) is 22.4. The molecule has 11 heteroatoms. The van der Waals surface area contributed by atoms with E-state index < -0.39 is 35.3 Å². The number of aryl methyl sites for hydroxylation is 1. The smallest absolute Gasteiger partial charge is 0.261 e. The maximum Gasteiger partial charge on any atom is 0.261 e. The number of hydrogen-bond donors (Lipinski definition) is 1. The zero-order chi connectivity index (χ0) is 23.2. The van der Waals surface area contributed by atoms with Crippen molar-refractivity contribution in [3.05, 3.63) is 68.2 Å². The van der Waals surface area contributed by atoms with Gasteiger partial charge in [0.25, 0.3) is 11.5 Å². The van der Waals surface area contributed by atoms with Gasteiger partial charge in [0.2, 0.25) is 0 Å². The summed E-state index contributed by atoms with van der Waals surface area (Å²) in [5, 5.41) is 3.08. The van der Waals surface area contributed by atoms with Crippen LogP contribution in [0.25, 0.3) is 10.9 Å². The average Bonchev–Trinajstić information content (AvgIpc) is 3.18. The Morgan fingerprint density at radius 2 is 2.00 bits per heavy atom. The molecule has 0 radical (unpaired) electrons. The van der Waals surface area contributed by atoms with E-state index in [9.17, 15) is 22.8 Å². The van der Waals surface area contributed by atoms with Gasteiger partial charge in [-0.25, -0.2) is 18.2 Å². The molecule has 1 fully saturated rings. The monoisotopic (exact) mass is 484 g/mol. The lowest BCUT2D eigenvalue weighted by molar-refractivity contribution is -0.131. The Kier molecular flexibility index (Phi) is 5.81. The number of alkyl halides is 1. The van der Waals surface area contributed by atoms with Crippen molar-refractivity contribution in [1.82, 2.24) is 14.5 Å². The lowest BCUT2D eigenvalue weighted by atomic mass is 9.87. The fourth-order valence-electron chi connectivity index (χ4n) is 4.07. The number of hydrogen-bond acceptors (Lipinski definition) is 4. The van der Waals surface area contributed by atoms with E-state index in [4.69, 9.17) is 23.2 Å². The van der Waals surface area contributed by atoms with E-state index in [1.807, 2.05) is 0 Å². The molecule has 0 unspecified atom stereocenters. The molecule has 1 aromatic heterocycles. The Morgan fingerprint density at radius 1 is 1.25 bits per heavy atom. The van der Waals surface area contributed by atoms with Crippen molar-refractivity contribution in [3.63, 3.8) is 0 Å². The molecule has 4 rings (SSSR count). The van der Waals surface area contributed by atoms with Gasteiger partial charge in [-0.3, -0.25) is 9.59 Å². The number of rotatable bonds is 4. The van der Waals surface area contributed by atoms with E-state index in [1.165, 1.54) is 35.0 Å². The summed E-state index contributed by atoms with van der Waals surface area (Å²) in [6, 6.07) is 4.94. The van der Waals surface area contributed by atoms with Gasteiger partial charge in [-0.15, -0.1) is 0 Å². The molecule has 1 aliphatic heterocycles. The second-order valence-electron chi connectivity index (χ2n) is 7.64. The number of anilines is 1. The van der Waals surface area contributed by atoms with Crippen molar-refractivity contribution >= 4 is 45.7 Å². The molecule has 6 nitrogen and oxygen atoms in total. The molecule has 3 aromatic rings. The van der Waals surface area contributed by atoms with Crippen molar-refractivity contribution in [2.45, 2.75) is 12.0 Å². The van der Waals surface area contributed by atoms with Crippen molar-refractivity contribution in [3.8, 4) is 0 Å². The molecule has 0 spiro atoms. The van der Waals surface area contributed by atoms with E-state index >= 15 is 0 Å². The van der Waals surface area contributed by atoms with E-state index in [1.54, 1.807) is 0 Å². The number of carbonyl (C=O) groups excluding carboxylic acids is 1. The zero-order valence-electron chi connectivity index (χ0n) is 16.8. The van der Waals surface area contributed by atoms with Crippen LogP contribution in [0.15, 0.2) is 35.4 Å². The number of likely N-dealkylation sites (tertiary alicyclic amines) is 1. The van der Waals surface area contributed by atoms with Crippen molar-refractivity contribution in [2.24, 2.45) is 7.05 Å². The number of carbonyl (C=O) groups is 1. The van der Waals surface area contributed by atoms with Gasteiger partial charge in [0.1, 0.15) is 11.3 Å². The molecule has 1 amide bonds. The fraction of sp³-hybridized carbons (Fsp3) is 0.286. The molecule has 2 aromatic carbocycles. The van der Waals surface area contributed by atoms with Crippen molar-refractivity contribution in [1.29, 1.82) is 0 Å². The first-order valence-corrected chi connectivity index (χ1v) is 10.3. The summed E-state index contributed by atoms with van der Waals surface area (Å²) in [5.41, 5.74) is -1.81. The lowest BCUT2D eigenvalue weighted by Gasteiger charge is -2.33. The van der Waals surface area contributed by atoms with Crippen LogP contribution < -0.4 is 10.9 Å². The molecule has 2 heterocycles. The van der Waals surface area contributed by atoms with Crippen LogP contribution in [0.1, 0.15) is 12.0 Å². The predicted octanol–water partition coefficient (Wildman–Crippen LogP) is 4.03. The third-order valence-electron chi connectivity index (χ3n) is 5.62. The van der Waals surface area contributed by atoms with Gasteiger partial charge in [0, 0.05) is 31.4 Å². The molecular weight excluding hydrogens is 468 g/mol. The van der Waals surface area contributed by atoms with Crippen LogP contribution in [-0.2, 0) is 17.4 Å². The Hall–Kier alpha value is -2.78. The summed E-state index contributed by atoms with van der Waals surface area (Å²) in [5.74, 6) is -2.22. The van der Waals surface area contributed by atoms with Crippen LogP contribution in [0.3, 0.4) is 0 Å². The van der Waals surface area contributed by atoms with Crippen LogP contribution in [-0.4, -0.2) is 40.1 Å². The number of benzene rings is 2. The zero-order valence-corrected chi connectivity index (χ0v) is 18.3. The third-order valence-corrected chi connectivity index (χ3v) is 6.42. The Balaban J connectivity index is 1.88. The van der Waals surface area contributed by atoms with Crippen LogP contribution in [0.5, 0.6) is 0 Å². The first-order valence-electron chi connectivity index (χ1n) is 9.57. The normalized spacial score (nSPS) is 18.4. The van der Waals surface area contributed by atoms with Gasteiger partial charge >= 0.3 is 0 Å².